The Bertz CT molecular complexity index is 1350. The van der Waals surface area contributed by atoms with Gasteiger partial charge in [0.2, 0.25) is 0 Å². The van der Waals surface area contributed by atoms with Crippen LogP contribution in [0.4, 0.5) is 4.39 Å². The van der Waals surface area contributed by atoms with Gasteiger partial charge in [-0.25, -0.2) is 4.39 Å². The van der Waals surface area contributed by atoms with Crippen LogP contribution in [0, 0.1) is 11.7 Å². The lowest BCUT2D eigenvalue weighted by Crippen LogP contribution is -2.07. The van der Waals surface area contributed by atoms with Gasteiger partial charge in [0, 0.05) is 16.7 Å². The van der Waals surface area contributed by atoms with E-state index in [1.807, 2.05) is 41.1 Å². The number of aromatic nitrogens is 2. The van der Waals surface area contributed by atoms with Crippen LogP contribution in [0.25, 0.3) is 22.5 Å². The smallest absolute Gasteiger partial charge is 0.307 e. The zero-order chi connectivity index (χ0) is 25.7. The summed E-state index contributed by atoms with van der Waals surface area (Å²) in [5, 5.41) is 14.2. The Hall–Kier alpha value is -4.13. The van der Waals surface area contributed by atoms with Crippen LogP contribution < -0.4 is 9.47 Å². The molecule has 0 spiro atoms. The van der Waals surface area contributed by atoms with Gasteiger partial charge in [-0.1, -0.05) is 38.1 Å². The number of rotatable bonds is 10. The number of methoxy groups -OCH3 is 1. The fourth-order valence-electron chi connectivity index (χ4n) is 3.96. The summed E-state index contributed by atoms with van der Waals surface area (Å²) in [6.07, 6.45) is -0.107. The molecule has 0 saturated heterocycles. The van der Waals surface area contributed by atoms with Gasteiger partial charge in [0.1, 0.15) is 17.3 Å². The summed E-state index contributed by atoms with van der Waals surface area (Å²) in [5.41, 5.74) is 4.52. The molecule has 0 saturated carbocycles. The first kappa shape index (κ1) is 25.0. The first-order valence-electron chi connectivity index (χ1n) is 11.8. The van der Waals surface area contributed by atoms with Crippen LogP contribution >= 0.6 is 0 Å². The second-order valence-electron chi connectivity index (χ2n) is 9.00. The van der Waals surface area contributed by atoms with Crippen LogP contribution in [0.1, 0.15) is 25.0 Å². The Labute approximate surface area is 209 Å². The molecule has 1 N–H and O–H groups in total. The number of para-hydroxylation sites is 1. The molecule has 4 aromatic rings. The molecule has 0 atom stereocenters. The third-order valence-corrected chi connectivity index (χ3v) is 5.68. The summed E-state index contributed by atoms with van der Waals surface area (Å²) >= 11 is 0. The number of carboxylic acid groups (broad SMARTS) is 1. The second-order valence-corrected chi connectivity index (χ2v) is 9.00. The molecule has 0 fully saturated rings. The monoisotopic (exact) mass is 488 g/mol. The minimum absolute atomic E-state index is 0.107. The Balaban J connectivity index is 1.84. The molecule has 0 aliphatic rings. The molecule has 36 heavy (non-hydrogen) atoms. The zero-order valence-electron chi connectivity index (χ0n) is 20.6. The maximum atomic E-state index is 13.7. The summed E-state index contributed by atoms with van der Waals surface area (Å²) in [5.74, 6) is 0.454. The minimum atomic E-state index is -0.912. The van der Waals surface area contributed by atoms with Crippen molar-refractivity contribution >= 4 is 5.97 Å². The highest BCUT2D eigenvalue weighted by atomic mass is 19.1. The normalized spacial score (nSPS) is 11.0. The highest BCUT2D eigenvalue weighted by Crippen LogP contribution is 2.34. The molecule has 0 radical (unpaired) electrons. The van der Waals surface area contributed by atoms with Crippen molar-refractivity contribution < 1.29 is 23.8 Å². The summed E-state index contributed by atoms with van der Waals surface area (Å²) in [6.45, 7) is 5.06. The Morgan fingerprint density at radius 3 is 2.47 bits per heavy atom. The van der Waals surface area contributed by atoms with E-state index < -0.39 is 5.97 Å². The van der Waals surface area contributed by atoms with Gasteiger partial charge < -0.3 is 14.6 Å². The molecule has 0 amide bonds. The standard InChI is InChI=1S/C29H29FN2O4/c1-19(2)18-36-28-13-8-20(15-29(33)34)14-24(28)25-16-26(21-9-11-23(30)12-10-21)32(31-25)17-22-6-4-5-7-27(22)35-3/h4-14,16,19H,15,17-18H2,1-3H3,(H,33,34). The van der Waals surface area contributed by atoms with E-state index >= 15 is 0 Å². The molecule has 6 nitrogen and oxygen atoms in total. The van der Waals surface area contributed by atoms with Crippen molar-refractivity contribution in [3.63, 3.8) is 0 Å². The number of benzene rings is 3. The summed E-state index contributed by atoms with van der Waals surface area (Å²) < 4.78 is 27.1. The van der Waals surface area contributed by atoms with E-state index in [0.29, 0.717) is 41.6 Å². The SMILES string of the molecule is COc1ccccc1Cn1nc(-c2cc(CC(=O)O)ccc2OCC(C)C)cc1-c1ccc(F)cc1. The molecule has 1 aromatic heterocycles. The maximum Gasteiger partial charge on any atom is 0.307 e. The predicted octanol–water partition coefficient (Wildman–Crippen LogP) is 6.08. The Morgan fingerprint density at radius 1 is 1.03 bits per heavy atom. The Kier molecular flexibility index (Phi) is 7.68. The van der Waals surface area contributed by atoms with Crippen molar-refractivity contribution in [2.75, 3.05) is 13.7 Å². The maximum absolute atomic E-state index is 13.7. The number of nitrogens with zero attached hydrogens (tertiary/aromatic N) is 2. The number of ether oxygens (including phenoxy) is 2. The molecular formula is C29H29FN2O4. The van der Waals surface area contributed by atoms with Crippen molar-refractivity contribution in [3.8, 4) is 34.0 Å². The van der Waals surface area contributed by atoms with E-state index in [4.69, 9.17) is 14.6 Å². The molecule has 186 valence electrons. The largest absolute Gasteiger partial charge is 0.496 e. The fraction of sp³-hybridized carbons (Fsp3) is 0.241. The molecule has 4 rings (SSSR count). The van der Waals surface area contributed by atoms with Gasteiger partial charge in [-0.3, -0.25) is 9.48 Å². The Morgan fingerprint density at radius 2 is 1.78 bits per heavy atom. The quantitative estimate of drug-likeness (QED) is 0.293. The van der Waals surface area contributed by atoms with Crippen molar-refractivity contribution in [1.82, 2.24) is 9.78 Å². The molecule has 1 heterocycles. The molecule has 0 unspecified atom stereocenters. The number of hydrogen-bond acceptors (Lipinski definition) is 4. The molecule has 0 aliphatic carbocycles. The van der Waals surface area contributed by atoms with Crippen LogP contribution in [0.2, 0.25) is 0 Å². The molecule has 0 bridgehead atoms. The highest BCUT2D eigenvalue weighted by Gasteiger charge is 2.18. The van der Waals surface area contributed by atoms with Gasteiger partial charge in [0.15, 0.2) is 0 Å². The van der Waals surface area contributed by atoms with Crippen molar-refractivity contribution in [1.29, 1.82) is 0 Å². The average Bonchev–Trinajstić information content (AvgIpc) is 3.27. The number of carbonyl (C=O) groups is 1. The first-order valence-corrected chi connectivity index (χ1v) is 11.8. The molecule has 7 heteroatoms. The van der Waals surface area contributed by atoms with E-state index in [1.54, 1.807) is 31.4 Å². The van der Waals surface area contributed by atoms with E-state index in [-0.39, 0.29) is 12.2 Å². The molecule has 3 aromatic carbocycles. The minimum Gasteiger partial charge on any atom is -0.496 e. The topological polar surface area (TPSA) is 73.6 Å². The van der Waals surface area contributed by atoms with E-state index in [2.05, 4.69) is 13.8 Å². The number of carboxylic acids is 1. The lowest BCUT2D eigenvalue weighted by molar-refractivity contribution is -0.136. The predicted molar refractivity (Wildman–Crippen MR) is 137 cm³/mol. The van der Waals surface area contributed by atoms with Crippen molar-refractivity contribution in [2.24, 2.45) is 5.92 Å². The number of hydrogen-bond donors (Lipinski definition) is 1. The highest BCUT2D eigenvalue weighted by molar-refractivity contribution is 5.76. The summed E-state index contributed by atoms with van der Waals surface area (Å²) in [7, 11) is 1.63. The van der Waals surface area contributed by atoms with Gasteiger partial charge in [-0.15, -0.1) is 0 Å². The van der Waals surface area contributed by atoms with Crippen molar-refractivity contribution in [3.05, 3.63) is 89.7 Å². The summed E-state index contributed by atoms with van der Waals surface area (Å²) in [6, 6.07) is 21.3. The van der Waals surface area contributed by atoms with Gasteiger partial charge in [0.25, 0.3) is 0 Å². The van der Waals surface area contributed by atoms with Crippen LogP contribution in [-0.2, 0) is 17.8 Å². The van der Waals surface area contributed by atoms with Crippen LogP contribution in [0.15, 0.2) is 72.8 Å². The summed E-state index contributed by atoms with van der Waals surface area (Å²) in [4.78, 5) is 11.4. The van der Waals surface area contributed by atoms with Crippen LogP contribution in [-0.4, -0.2) is 34.6 Å². The van der Waals surface area contributed by atoms with Gasteiger partial charge in [-0.2, -0.15) is 5.10 Å². The first-order chi connectivity index (χ1) is 17.3. The van der Waals surface area contributed by atoms with Crippen LogP contribution in [0.3, 0.4) is 0 Å². The molecular weight excluding hydrogens is 459 g/mol. The lowest BCUT2D eigenvalue weighted by atomic mass is 10.0. The van der Waals surface area contributed by atoms with Crippen molar-refractivity contribution in [2.45, 2.75) is 26.8 Å². The van der Waals surface area contributed by atoms with Gasteiger partial charge in [-0.05, 0) is 60.0 Å². The van der Waals surface area contributed by atoms with E-state index in [9.17, 15) is 14.3 Å². The van der Waals surface area contributed by atoms with E-state index in [1.165, 1.54) is 12.1 Å². The average molecular weight is 489 g/mol. The third kappa shape index (κ3) is 5.92. The third-order valence-electron chi connectivity index (χ3n) is 5.68. The number of halogens is 1. The second kappa shape index (κ2) is 11.1. The number of aliphatic carboxylic acids is 1. The van der Waals surface area contributed by atoms with E-state index in [0.717, 1.165) is 22.6 Å². The lowest BCUT2D eigenvalue weighted by Gasteiger charge is -2.13. The van der Waals surface area contributed by atoms with Gasteiger partial charge in [0.05, 0.1) is 38.1 Å². The molecule has 0 aliphatic heterocycles. The fourth-order valence-corrected chi connectivity index (χ4v) is 3.96. The van der Waals surface area contributed by atoms with Crippen LogP contribution in [0.5, 0.6) is 11.5 Å². The zero-order valence-corrected chi connectivity index (χ0v) is 20.6. The van der Waals surface area contributed by atoms with Gasteiger partial charge >= 0.3 is 5.97 Å².